The van der Waals surface area contributed by atoms with Gasteiger partial charge in [0.05, 0.1) is 17.7 Å². The summed E-state index contributed by atoms with van der Waals surface area (Å²) in [4.78, 5) is 3.91. The van der Waals surface area contributed by atoms with Gasteiger partial charge in [0.25, 0.3) is 0 Å². The fraction of sp³-hybridized carbons (Fsp3) is 0.333. The zero-order valence-electron chi connectivity index (χ0n) is 7.41. The Labute approximate surface area is 81.9 Å². The van der Waals surface area contributed by atoms with Crippen molar-refractivity contribution in [3.63, 3.8) is 0 Å². The topological polar surface area (TPSA) is 45.9 Å². The van der Waals surface area contributed by atoms with Crippen molar-refractivity contribution in [1.29, 1.82) is 5.26 Å². The number of rotatable bonds is 2. The van der Waals surface area contributed by atoms with Crippen molar-refractivity contribution in [3.8, 4) is 11.9 Å². The predicted octanol–water partition coefficient (Wildman–Crippen LogP) is 2.39. The summed E-state index contributed by atoms with van der Waals surface area (Å²) in [5.74, 6) is 0.388. The largest absolute Gasteiger partial charge is 0.475 e. The summed E-state index contributed by atoms with van der Waals surface area (Å²) in [6, 6.07) is 5.03. The molecule has 0 saturated carbocycles. The van der Waals surface area contributed by atoms with E-state index in [1.165, 1.54) is 6.07 Å². The van der Waals surface area contributed by atoms with Gasteiger partial charge >= 0.3 is 0 Å². The monoisotopic (exact) mass is 196 g/mol. The third-order valence-electron chi connectivity index (χ3n) is 1.26. The van der Waals surface area contributed by atoms with Crippen LogP contribution in [0.2, 0.25) is 5.15 Å². The molecule has 0 aliphatic carbocycles. The standard InChI is InChI=1S/C9H9ClN2O/c1-6(2)13-9-4-7(5-11)3-8(10)12-9/h3-4,6H,1-2H3. The molecule has 0 aliphatic heterocycles. The highest BCUT2D eigenvalue weighted by Crippen LogP contribution is 2.16. The third-order valence-corrected chi connectivity index (χ3v) is 1.45. The second-order valence-electron chi connectivity index (χ2n) is 2.80. The van der Waals surface area contributed by atoms with Crippen LogP contribution in [0.3, 0.4) is 0 Å². The summed E-state index contributed by atoms with van der Waals surface area (Å²) in [5, 5.41) is 8.90. The van der Waals surface area contributed by atoms with Gasteiger partial charge in [-0.1, -0.05) is 11.6 Å². The van der Waals surface area contributed by atoms with E-state index in [2.05, 4.69) is 4.98 Å². The van der Waals surface area contributed by atoms with Gasteiger partial charge in [-0.3, -0.25) is 0 Å². The fourth-order valence-corrected chi connectivity index (χ4v) is 1.04. The van der Waals surface area contributed by atoms with Gasteiger partial charge in [-0.15, -0.1) is 0 Å². The summed E-state index contributed by atoms with van der Waals surface area (Å²) in [7, 11) is 0. The highest BCUT2D eigenvalue weighted by Gasteiger charge is 2.03. The Balaban J connectivity index is 2.96. The molecule has 0 bridgehead atoms. The second kappa shape index (κ2) is 4.11. The summed E-state index contributed by atoms with van der Waals surface area (Å²) >= 11 is 5.67. The van der Waals surface area contributed by atoms with Gasteiger partial charge in [-0.25, -0.2) is 4.98 Å². The number of halogens is 1. The van der Waals surface area contributed by atoms with E-state index in [1.807, 2.05) is 19.9 Å². The van der Waals surface area contributed by atoms with Gasteiger partial charge in [0.15, 0.2) is 0 Å². The molecule has 1 rings (SSSR count). The van der Waals surface area contributed by atoms with Crippen molar-refractivity contribution < 1.29 is 4.74 Å². The molecule has 0 saturated heterocycles. The van der Waals surface area contributed by atoms with Crippen LogP contribution in [-0.2, 0) is 0 Å². The van der Waals surface area contributed by atoms with Gasteiger partial charge in [0.1, 0.15) is 5.15 Å². The second-order valence-corrected chi connectivity index (χ2v) is 3.18. The molecule has 1 aromatic rings. The Morgan fingerprint density at radius 3 is 2.77 bits per heavy atom. The lowest BCUT2D eigenvalue weighted by Gasteiger charge is -2.08. The fourth-order valence-electron chi connectivity index (χ4n) is 0.839. The van der Waals surface area contributed by atoms with E-state index in [9.17, 15) is 0 Å². The third kappa shape index (κ3) is 2.92. The van der Waals surface area contributed by atoms with Crippen LogP contribution in [0.15, 0.2) is 12.1 Å². The minimum Gasteiger partial charge on any atom is -0.475 e. The summed E-state index contributed by atoms with van der Waals surface area (Å²) in [6.07, 6.45) is 0.0255. The van der Waals surface area contributed by atoms with Gasteiger partial charge in [-0.05, 0) is 19.9 Å². The SMILES string of the molecule is CC(C)Oc1cc(C#N)cc(Cl)n1. The number of aromatic nitrogens is 1. The van der Waals surface area contributed by atoms with Crippen LogP contribution in [0.25, 0.3) is 0 Å². The van der Waals surface area contributed by atoms with Crippen molar-refractivity contribution in [2.75, 3.05) is 0 Å². The minimum absolute atomic E-state index is 0.0255. The minimum atomic E-state index is 0.0255. The highest BCUT2D eigenvalue weighted by molar-refractivity contribution is 6.29. The average Bonchev–Trinajstić information content (AvgIpc) is 2.01. The molecule has 0 aromatic carbocycles. The van der Waals surface area contributed by atoms with Gasteiger partial charge in [0.2, 0.25) is 5.88 Å². The molecule has 0 fully saturated rings. The Morgan fingerprint density at radius 2 is 2.23 bits per heavy atom. The molecule has 0 aliphatic rings. The molecule has 1 aromatic heterocycles. The maximum absolute atomic E-state index is 8.63. The molecule has 13 heavy (non-hydrogen) atoms. The summed E-state index contributed by atoms with van der Waals surface area (Å²) < 4.78 is 5.29. The van der Waals surface area contributed by atoms with E-state index < -0.39 is 0 Å². The van der Waals surface area contributed by atoms with Crippen molar-refractivity contribution >= 4 is 11.6 Å². The molecule has 0 atom stereocenters. The van der Waals surface area contributed by atoms with Gasteiger partial charge < -0.3 is 4.74 Å². The zero-order chi connectivity index (χ0) is 9.84. The molecule has 4 heteroatoms. The molecule has 0 unspecified atom stereocenters. The number of ether oxygens (including phenoxy) is 1. The van der Waals surface area contributed by atoms with Crippen molar-refractivity contribution in [3.05, 3.63) is 22.8 Å². The first-order valence-electron chi connectivity index (χ1n) is 3.86. The first kappa shape index (κ1) is 9.82. The quantitative estimate of drug-likeness (QED) is 0.683. The van der Waals surface area contributed by atoms with Gasteiger partial charge in [-0.2, -0.15) is 5.26 Å². The van der Waals surface area contributed by atoms with E-state index in [0.717, 1.165) is 0 Å². The van der Waals surface area contributed by atoms with Crippen LogP contribution >= 0.6 is 11.6 Å². The molecular formula is C9H9ClN2O. The highest BCUT2D eigenvalue weighted by atomic mass is 35.5. The Kier molecular flexibility index (Phi) is 3.10. The Hall–Kier alpha value is -1.27. The van der Waals surface area contributed by atoms with Crippen LogP contribution in [0, 0.1) is 11.3 Å². The number of pyridine rings is 1. The molecule has 68 valence electrons. The molecule has 0 amide bonds. The average molecular weight is 197 g/mol. The van der Waals surface area contributed by atoms with Crippen molar-refractivity contribution in [1.82, 2.24) is 4.98 Å². The summed E-state index contributed by atoms with van der Waals surface area (Å²) in [5.41, 5.74) is 0.454. The Bertz CT molecular complexity index is 344. The molecule has 0 spiro atoms. The van der Waals surface area contributed by atoms with Crippen LogP contribution in [-0.4, -0.2) is 11.1 Å². The van der Waals surface area contributed by atoms with E-state index in [-0.39, 0.29) is 11.3 Å². The lowest BCUT2D eigenvalue weighted by atomic mass is 10.3. The van der Waals surface area contributed by atoms with Crippen molar-refractivity contribution in [2.24, 2.45) is 0 Å². The molecule has 0 N–H and O–H groups in total. The lowest BCUT2D eigenvalue weighted by molar-refractivity contribution is 0.232. The summed E-state index contributed by atoms with van der Waals surface area (Å²) in [6.45, 7) is 3.77. The predicted molar refractivity (Wildman–Crippen MR) is 49.7 cm³/mol. The Morgan fingerprint density at radius 1 is 1.54 bits per heavy atom. The van der Waals surface area contributed by atoms with E-state index in [4.69, 9.17) is 21.6 Å². The van der Waals surface area contributed by atoms with Crippen LogP contribution in [0.4, 0.5) is 0 Å². The van der Waals surface area contributed by atoms with E-state index in [1.54, 1.807) is 6.07 Å². The number of nitrogens with zero attached hydrogens (tertiary/aromatic N) is 2. The molecular weight excluding hydrogens is 188 g/mol. The van der Waals surface area contributed by atoms with Crippen molar-refractivity contribution in [2.45, 2.75) is 20.0 Å². The molecule has 0 radical (unpaired) electrons. The number of hydrogen-bond acceptors (Lipinski definition) is 3. The number of hydrogen-bond donors (Lipinski definition) is 0. The van der Waals surface area contributed by atoms with Crippen LogP contribution in [0.5, 0.6) is 5.88 Å². The van der Waals surface area contributed by atoms with Crippen LogP contribution in [0.1, 0.15) is 19.4 Å². The van der Waals surface area contributed by atoms with E-state index in [0.29, 0.717) is 11.4 Å². The maximum Gasteiger partial charge on any atom is 0.216 e. The maximum atomic E-state index is 8.63. The molecule has 3 nitrogen and oxygen atoms in total. The first-order valence-corrected chi connectivity index (χ1v) is 4.24. The zero-order valence-corrected chi connectivity index (χ0v) is 8.17. The normalized spacial score (nSPS) is 9.77. The van der Waals surface area contributed by atoms with Gasteiger partial charge in [0, 0.05) is 6.07 Å². The first-order chi connectivity index (χ1) is 6.11. The lowest BCUT2D eigenvalue weighted by Crippen LogP contribution is -2.07. The number of nitriles is 1. The smallest absolute Gasteiger partial charge is 0.216 e. The molecule has 1 heterocycles. The van der Waals surface area contributed by atoms with Crippen LogP contribution < -0.4 is 4.74 Å². The van der Waals surface area contributed by atoms with E-state index >= 15 is 0 Å².